The van der Waals surface area contributed by atoms with Gasteiger partial charge in [0.25, 0.3) is 5.91 Å². The number of amides is 3. The van der Waals surface area contributed by atoms with Crippen molar-refractivity contribution in [3.05, 3.63) is 58.6 Å². The summed E-state index contributed by atoms with van der Waals surface area (Å²) >= 11 is 7.13. The van der Waals surface area contributed by atoms with Gasteiger partial charge in [0.1, 0.15) is 22.6 Å². The average molecular weight is 558 g/mol. The second-order valence-electron chi connectivity index (χ2n) is 8.71. The average Bonchev–Trinajstić information content (AvgIpc) is 2.78. The summed E-state index contributed by atoms with van der Waals surface area (Å²) in [4.78, 5) is 28.8. The van der Waals surface area contributed by atoms with Gasteiger partial charge < -0.3 is 10.2 Å². The van der Waals surface area contributed by atoms with Gasteiger partial charge in [0.05, 0.1) is 16.6 Å². The number of halogens is 3. The summed E-state index contributed by atoms with van der Waals surface area (Å²) < 4.78 is 42.8. The largest absolute Gasteiger partial charge is 0.380 e. The smallest absolute Gasteiger partial charge is 0.327 e. The molecule has 8 nitrogen and oxygen atoms in total. The molecule has 194 valence electrons. The van der Waals surface area contributed by atoms with Crippen LogP contribution >= 0.6 is 23.5 Å². The van der Waals surface area contributed by atoms with Crippen molar-refractivity contribution in [3.63, 3.8) is 0 Å². The normalized spacial score (nSPS) is 17.8. The first kappa shape index (κ1) is 26.6. The Hall–Kier alpha value is -2.41. The highest BCUT2D eigenvalue weighted by Crippen LogP contribution is 2.27. The quantitative estimate of drug-likeness (QED) is 0.450. The third-order valence-corrected chi connectivity index (χ3v) is 7.62. The van der Waals surface area contributed by atoms with Crippen LogP contribution in [0.5, 0.6) is 0 Å². The summed E-state index contributed by atoms with van der Waals surface area (Å²) in [7, 11) is -1.46. The van der Waals surface area contributed by atoms with Crippen LogP contribution in [0.1, 0.15) is 23.2 Å². The van der Waals surface area contributed by atoms with E-state index in [0.717, 1.165) is 49.6 Å². The van der Waals surface area contributed by atoms with Gasteiger partial charge in [-0.3, -0.25) is 19.1 Å². The molecule has 2 saturated heterocycles. The van der Waals surface area contributed by atoms with E-state index in [1.165, 1.54) is 18.4 Å². The third-order valence-electron chi connectivity index (χ3n) is 6.09. The van der Waals surface area contributed by atoms with Gasteiger partial charge in [0, 0.05) is 55.1 Å². The molecule has 0 radical (unpaired) electrons. The van der Waals surface area contributed by atoms with Crippen molar-refractivity contribution < 1.29 is 22.6 Å². The SMILES string of the molecule is CS(=O)NC(=O)c1ccc(NC2CN(C3CCN(C(=O)NSc4cc(F)cc(F)c4)CC3)C2)cc1Cl. The van der Waals surface area contributed by atoms with Gasteiger partial charge in [0.2, 0.25) is 0 Å². The zero-order chi connectivity index (χ0) is 25.8. The number of hydrogen-bond donors (Lipinski definition) is 3. The van der Waals surface area contributed by atoms with E-state index >= 15 is 0 Å². The Morgan fingerprint density at radius 3 is 2.36 bits per heavy atom. The first-order valence-electron chi connectivity index (χ1n) is 11.3. The van der Waals surface area contributed by atoms with E-state index in [1.54, 1.807) is 23.1 Å². The lowest BCUT2D eigenvalue weighted by Crippen LogP contribution is -2.60. The van der Waals surface area contributed by atoms with Gasteiger partial charge in [-0.2, -0.15) is 0 Å². The van der Waals surface area contributed by atoms with Crippen molar-refractivity contribution in [1.82, 2.24) is 19.2 Å². The molecular weight excluding hydrogens is 532 g/mol. The van der Waals surface area contributed by atoms with Crippen LogP contribution in [0.2, 0.25) is 5.02 Å². The monoisotopic (exact) mass is 557 g/mol. The van der Waals surface area contributed by atoms with Crippen molar-refractivity contribution in [2.45, 2.75) is 29.8 Å². The molecule has 1 atom stereocenters. The Morgan fingerprint density at radius 1 is 1.08 bits per heavy atom. The second kappa shape index (κ2) is 11.8. The highest BCUT2D eigenvalue weighted by Gasteiger charge is 2.35. The Bertz CT molecular complexity index is 1140. The third kappa shape index (κ3) is 6.87. The van der Waals surface area contributed by atoms with Crippen LogP contribution in [0.25, 0.3) is 0 Å². The predicted molar refractivity (Wildman–Crippen MR) is 137 cm³/mol. The summed E-state index contributed by atoms with van der Waals surface area (Å²) in [6.45, 7) is 2.91. The van der Waals surface area contributed by atoms with Gasteiger partial charge in [-0.15, -0.1) is 0 Å². The van der Waals surface area contributed by atoms with Crippen LogP contribution in [-0.2, 0) is 11.0 Å². The number of nitrogens with zero attached hydrogens (tertiary/aromatic N) is 2. The fraction of sp³-hybridized carbons (Fsp3) is 0.391. The number of likely N-dealkylation sites (tertiary alicyclic amines) is 2. The first-order chi connectivity index (χ1) is 17.2. The molecule has 0 aliphatic carbocycles. The highest BCUT2D eigenvalue weighted by molar-refractivity contribution is 7.98. The predicted octanol–water partition coefficient (Wildman–Crippen LogP) is 3.62. The van der Waals surface area contributed by atoms with Crippen LogP contribution in [0, 0.1) is 11.6 Å². The van der Waals surface area contributed by atoms with Crippen molar-refractivity contribution in [1.29, 1.82) is 0 Å². The molecule has 3 amide bonds. The lowest BCUT2D eigenvalue weighted by atomic mass is 9.97. The topological polar surface area (TPSA) is 93.8 Å². The van der Waals surface area contributed by atoms with Crippen molar-refractivity contribution in [2.24, 2.45) is 0 Å². The lowest BCUT2D eigenvalue weighted by molar-refractivity contribution is 0.0625. The Kier molecular flexibility index (Phi) is 8.70. The highest BCUT2D eigenvalue weighted by atomic mass is 35.5. The van der Waals surface area contributed by atoms with Gasteiger partial charge in [-0.05, 0) is 55.1 Å². The summed E-state index contributed by atoms with van der Waals surface area (Å²) in [6.07, 6.45) is 3.06. The first-order valence-corrected chi connectivity index (χ1v) is 14.1. The zero-order valence-electron chi connectivity index (χ0n) is 19.4. The summed E-state index contributed by atoms with van der Waals surface area (Å²) in [5.41, 5.74) is 1.07. The van der Waals surface area contributed by atoms with E-state index in [-0.39, 0.29) is 22.7 Å². The molecule has 2 heterocycles. The van der Waals surface area contributed by atoms with Gasteiger partial charge in [0.15, 0.2) is 0 Å². The van der Waals surface area contributed by atoms with Crippen LogP contribution in [0.3, 0.4) is 0 Å². The second-order valence-corrected chi connectivity index (χ2v) is 11.1. The summed E-state index contributed by atoms with van der Waals surface area (Å²) in [5.74, 6) is -1.86. The standard InChI is InChI=1S/C23H26ClF2N5O3S2/c1-36(34)29-22(32)20-3-2-16(11-21(20)24)27-17-12-31(13-17)18-4-6-30(7-5-18)23(33)28-35-19-9-14(25)8-15(26)10-19/h2-3,8-11,17-18,27H,4-7,12-13H2,1H3,(H,28,33)(H,29,32). The van der Waals surface area contributed by atoms with Crippen LogP contribution in [0.15, 0.2) is 41.3 Å². The lowest BCUT2D eigenvalue weighted by Gasteiger charge is -2.47. The van der Waals surface area contributed by atoms with E-state index < -0.39 is 28.5 Å². The molecule has 36 heavy (non-hydrogen) atoms. The molecule has 2 aliphatic heterocycles. The number of benzene rings is 2. The molecule has 2 aromatic rings. The number of piperidine rings is 1. The number of urea groups is 1. The molecule has 2 aromatic carbocycles. The van der Waals surface area contributed by atoms with Gasteiger partial charge in [-0.25, -0.2) is 17.8 Å². The summed E-state index contributed by atoms with van der Waals surface area (Å²) in [6, 6.07) is 8.54. The maximum absolute atomic E-state index is 13.3. The van der Waals surface area contributed by atoms with Crippen LogP contribution in [0.4, 0.5) is 19.3 Å². The molecule has 0 spiro atoms. The fourth-order valence-electron chi connectivity index (χ4n) is 4.30. The maximum atomic E-state index is 13.3. The molecule has 0 bridgehead atoms. The molecular formula is C23H26ClF2N5O3S2. The Morgan fingerprint density at radius 2 is 1.75 bits per heavy atom. The molecule has 4 rings (SSSR count). The minimum atomic E-state index is -1.46. The van der Waals surface area contributed by atoms with Crippen molar-refractivity contribution >= 4 is 52.2 Å². The summed E-state index contributed by atoms with van der Waals surface area (Å²) in [5, 5.41) is 3.70. The number of anilines is 1. The molecule has 2 fully saturated rings. The van der Waals surface area contributed by atoms with E-state index in [1.807, 2.05) is 0 Å². The Balaban J connectivity index is 1.18. The minimum absolute atomic E-state index is 0.244. The number of hydrogen-bond acceptors (Lipinski definition) is 6. The maximum Gasteiger partial charge on any atom is 0.327 e. The van der Waals surface area contributed by atoms with E-state index in [9.17, 15) is 22.6 Å². The zero-order valence-corrected chi connectivity index (χ0v) is 21.8. The number of carbonyl (C=O) groups excluding carboxylic acids is 2. The molecule has 2 aliphatic rings. The van der Waals surface area contributed by atoms with Crippen molar-refractivity contribution in [2.75, 3.05) is 37.8 Å². The van der Waals surface area contributed by atoms with Gasteiger partial charge >= 0.3 is 6.03 Å². The number of nitrogens with one attached hydrogen (secondary N) is 3. The Labute approximate surface area is 219 Å². The van der Waals surface area contributed by atoms with E-state index in [2.05, 4.69) is 19.7 Å². The minimum Gasteiger partial charge on any atom is -0.380 e. The number of rotatable bonds is 7. The van der Waals surface area contributed by atoms with E-state index in [0.29, 0.717) is 24.0 Å². The van der Waals surface area contributed by atoms with Crippen molar-refractivity contribution in [3.8, 4) is 0 Å². The molecule has 1 unspecified atom stereocenters. The molecule has 0 aromatic heterocycles. The van der Waals surface area contributed by atoms with Crippen LogP contribution in [-0.4, -0.2) is 70.5 Å². The van der Waals surface area contributed by atoms with Gasteiger partial charge in [-0.1, -0.05) is 11.6 Å². The number of carbonyl (C=O) groups is 2. The van der Waals surface area contributed by atoms with Crippen LogP contribution < -0.4 is 14.8 Å². The molecule has 3 N–H and O–H groups in total. The molecule has 0 saturated carbocycles. The molecule has 13 heteroatoms. The van der Waals surface area contributed by atoms with E-state index in [4.69, 9.17) is 11.6 Å². The fourth-order valence-corrected chi connectivity index (χ4v) is 5.62.